The second-order valence-corrected chi connectivity index (χ2v) is 13.4. The normalized spacial score (nSPS) is 13.6. The van der Waals surface area contributed by atoms with Crippen LogP contribution in [0.4, 0.5) is 14.7 Å². The van der Waals surface area contributed by atoms with Gasteiger partial charge in [-0.1, -0.05) is 42.8 Å². The van der Waals surface area contributed by atoms with Crippen molar-refractivity contribution in [3.63, 3.8) is 0 Å². The number of aromatic nitrogens is 2. The van der Waals surface area contributed by atoms with E-state index in [2.05, 4.69) is 37.3 Å². The maximum Gasteiger partial charge on any atom is 0.387 e. The molecule has 3 aromatic rings. The molecule has 2 atom stereocenters. The first-order chi connectivity index (χ1) is 19.1. The minimum Gasteiger partial charge on any atom is -0.434 e. The smallest absolute Gasteiger partial charge is 0.387 e. The van der Waals surface area contributed by atoms with Gasteiger partial charge < -0.3 is 19.3 Å². The fourth-order valence-corrected chi connectivity index (χ4v) is 5.19. The molecule has 0 bridgehead atoms. The Hall–Kier alpha value is -3.13. The first-order valence-electron chi connectivity index (χ1n) is 13.5. The van der Waals surface area contributed by atoms with Crippen molar-refractivity contribution in [1.29, 1.82) is 0 Å². The molecule has 3 rings (SSSR count). The van der Waals surface area contributed by atoms with Crippen LogP contribution in [0.25, 0.3) is 11.0 Å². The number of imidazole rings is 1. The van der Waals surface area contributed by atoms with Crippen LogP contribution in [-0.4, -0.2) is 58.0 Å². The number of carbonyl (C=O) groups excluding carboxylic acids is 1. The number of benzene rings is 2. The number of halogens is 2. The van der Waals surface area contributed by atoms with Gasteiger partial charge in [-0.15, -0.1) is 0 Å². The maximum atomic E-state index is 13.4. The average Bonchev–Trinajstić information content (AvgIpc) is 3.24. The summed E-state index contributed by atoms with van der Waals surface area (Å²) < 4.78 is 36.9. The van der Waals surface area contributed by atoms with Gasteiger partial charge in [0.05, 0.1) is 28.7 Å². The lowest BCUT2D eigenvalue weighted by Crippen LogP contribution is -2.34. The Morgan fingerprint density at radius 2 is 1.90 bits per heavy atom. The summed E-state index contributed by atoms with van der Waals surface area (Å²) in [5.74, 6) is 7.07. The van der Waals surface area contributed by atoms with E-state index in [9.17, 15) is 18.7 Å². The molecule has 10 heteroatoms. The molecular weight excluding hydrogens is 546 g/mol. The molecule has 0 radical (unpaired) electrons. The molecule has 0 aliphatic heterocycles. The third-order valence-electron chi connectivity index (χ3n) is 6.15. The van der Waals surface area contributed by atoms with Crippen molar-refractivity contribution in [3.05, 3.63) is 53.1 Å². The Morgan fingerprint density at radius 3 is 2.46 bits per heavy atom. The van der Waals surface area contributed by atoms with Gasteiger partial charge in [-0.05, 0) is 65.3 Å². The first-order valence-corrected chi connectivity index (χ1v) is 14.3. The summed E-state index contributed by atoms with van der Waals surface area (Å²) in [6, 6.07) is 9.46. The highest BCUT2D eigenvalue weighted by atomic mass is 32.2. The van der Waals surface area contributed by atoms with Crippen molar-refractivity contribution >= 4 is 35.2 Å². The number of ether oxygens (including phenoxy) is 1. The predicted octanol–water partition coefficient (Wildman–Crippen LogP) is 6.43. The molecular formula is C31H40F2N4O3S. The zero-order chi connectivity index (χ0) is 30.5. The Balaban J connectivity index is 2.17. The highest BCUT2D eigenvalue weighted by Crippen LogP contribution is 2.38. The van der Waals surface area contributed by atoms with E-state index in [-0.39, 0.29) is 22.1 Å². The molecule has 2 N–H and O–H groups in total. The molecule has 41 heavy (non-hydrogen) atoms. The van der Waals surface area contributed by atoms with Crippen molar-refractivity contribution in [2.24, 2.45) is 0 Å². The minimum atomic E-state index is -3.04. The van der Waals surface area contributed by atoms with Crippen LogP contribution in [0, 0.1) is 11.8 Å². The molecule has 0 spiro atoms. The SMILES string of the molecule is CCC(c1c(C=O)cccc1OC(F)F)n1c(N(C)C)nc2ccc(C#CC(CC(C)(C)O)NSC(C)(C)C)cc21. The van der Waals surface area contributed by atoms with Gasteiger partial charge in [0.1, 0.15) is 5.75 Å². The van der Waals surface area contributed by atoms with Crippen molar-refractivity contribution in [2.75, 3.05) is 19.0 Å². The molecule has 0 saturated carbocycles. The number of hydrogen-bond donors (Lipinski definition) is 2. The van der Waals surface area contributed by atoms with Crippen molar-refractivity contribution < 1.29 is 23.4 Å². The summed E-state index contributed by atoms with van der Waals surface area (Å²) in [5.41, 5.74) is 1.91. The number of anilines is 1. The topological polar surface area (TPSA) is 79.6 Å². The van der Waals surface area contributed by atoms with Crippen LogP contribution in [-0.2, 0) is 0 Å². The van der Waals surface area contributed by atoms with Crippen LogP contribution < -0.4 is 14.4 Å². The molecule has 222 valence electrons. The number of aliphatic hydroxyl groups is 1. The van der Waals surface area contributed by atoms with Crippen molar-refractivity contribution in [1.82, 2.24) is 14.3 Å². The predicted molar refractivity (Wildman–Crippen MR) is 163 cm³/mol. The standard InChI is InChI=1S/C31H40F2N4O3S/c1-9-24(27-21(19-38)11-10-12-26(27)40-28(32)33)37-25-17-20(14-16-23(25)34-29(37)36(7)8)13-15-22(18-31(5,6)39)35-41-30(2,3)4/h10-12,14,16-17,19,22,24,28,35,39H,9,18H2,1-8H3. The summed E-state index contributed by atoms with van der Waals surface area (Å²) in [5, 5.41) is 10.4. The molecule has 2 unspecified atom stereocenters. The van der Waals surface area contributed by atoms with Gasteiger partial charge in [0.25, 0.3) is 0 Å². The molecule has 0 aliphatic carbocycles. The van der Waals surface area contributed by atoms with E-state index in [1.54, 1.807) is 31.9 Å². The van der Waals surface area contributed by atoms with E-state index in [1.165, 1.54) is 12.1 Å². The van der Waals surface area contributed by atoms with Gasteiger partial charge in [-0.3, -0.25) is 4.79 Å². The maximum absolute atomic E-state index is 13.4. The minimum absolute atomic E-state index is 0.0343. The zero-order valence-corrected chi connectivity index (χ0v) is 25.8. The summed E-state index contributed by atoms with van der Waals surface area (Å²) in [7, 11) is 3.71. The van der Waals surface area contributed by atoms with E-state index in [1.807, 2.05) is 48.7 Å². The lowest BCUT2D eigenvalue weighted by atomic mass is 9.97. The number of carbonyl (C=O) groups is 1. The third kappa shape index (κ3) is 8.68. The van der Waals surface area contributed by atoms with Gasteiger partial charge in [0.15, 0.2) is 6.29 Å². The Morgan fingerprint density at radius 1 is 1.20 bits per heavy atom. The van der Waals surface area contributed by atoms with Gasteiger partial charge in [0.2, 0.25) is 5.95 Å². The Labute approximate surface area is 245 Å². The lowest BCUT2D eigenvalue weighted by Gasteiger charge is -2.26. The van der Waals surface area contributed by atoms with Gasteiger partial charge in [-0.2, -0.15) is 8.78 Å². The van der Waals surface area contributed by atoms with E-state index < -0.39 is 18.3 Å². The van der Waals surface area contributed by atoms with E-state index in [0.29, 0.717) is 36.2 Å². The van der Waals surface area contributed by atoms with Crippen LogP contribution in [0.1, 0.15) is 81.9 Å². The Kier molecular flexibility index (Phi) is 10.5. The number of nitrogens with zero attached hydrogens (tertiary/aromatic N) is 3. The van der Waals surface area contributed by atoms with Crippen molar-refractivity contribution in [3.8, 4) is 17.6 Å². The highest BCUT2D eigenvalue weighted by molar-refractivity contribution is 7.98. The quantitative estimate of drug-likeness (QED) is 0.152. The highest BCUT2D eigenvalue weighted by Gasteiger charge is 2.27. The van der Waals surface area contributed by atoms with E-state index in [0.717, 1.165) is 11.1 Å². The second-order valence-electron chi connectivity index (χ2n) is 11.7. The zero-order valence-electron chi connectivity index (χ0n) is 25.0. The summed E-state index contributed by atoms with van der Waals surface area (Å²) >= 11 is 1.57. The van der Waals surface area contributed by atoms with Crippen LogP contribution in [0.3, 0.4) is 0 Å². The van der Waals surface area contributed by atoms with Crippen LogP contribution >= 0.6 is 11.9 Å². The molecule has 1 aromatic heterocycles. The van der Waals surface area contributed by atoms with E-state index in [4.69, 9.17) is 9.72 Å². The van der Waals surface area contributed by atoms with E-state index >= 15 is 0 Å². The monoisotopic (exact) mass is 586 g/mol. The van der Waals surface area contributed by atoms with Gasteiger partial charge in [0, 0.05) is 42.0 Å². The molecule has 0 saturated heterocycles. The number of hydrogen-bond acceptors (Lipinski definition) is 7. The first kappa shape index (κ1) is 32.4. The summed E-state index contributed by atoms with van der Waals surface area (Å²) in [6.07, 6.45) is 1.57. The number of nitrogens with one attached hydrogen (secondary N) is 1. The fourth-order valence-electron chi connectivity index (χ4n) is 4.56. The molecule has 0 fully saturated rings. The summed E-state index contributed by atoms with van der Waals surface area (Å²) in [6.45, 7) is 8.70. The summed E-state index contributed by atoms with van der Waals surface area (Å²) in [4.78, 5) is 18.7. The van der Waals surface area contributed by atoms with Crippen molar-refractivity contribution in [2.45, 2.75) is 83.4 Å². The fraction of sp³-hybridized carbons (Fsp3) is 0.484. The van der Waals surface area contributed by atoms with Crippen LogP contribution in [0.2, 0.25) is 0 Å². The average molecular weight is 587 g/mol. The number of alkyl halides is 2. The van der Waals surface area contributed by atoms with Gasteiger partial charge >= 0.3 is 6.61 Å². The Bertz CT molecular complexity index is 1410. The van der Waals surface area contributed by atoms with Gasteiger partial charge in [-0.25, -0.2) is 9.71 Å². The lowest BCUT2D eigenvalue weighted by molar-refractivity contribution is -0.0507. The third-order valence-corrected chi connectivity index (χ3v) is 7.16. The molecule has 2 aromatic carbocycles. The molecule has 7 nitrogen and oxygen atoms in total. The van der Waals surface area contributed by atoms with Crippen LogP contribution in [0.5, 0.6) is 5.75 Å². The second kappa shape index (κ2) is 13.2. The number of rotatable bonds is 11. The number of aldehydes is 1. The molecule has 1 heterocycles. The largest absolute Gasteiger partial charge is 0.434 e. The number of fused-ring (bicyclic) bond motifs is 1. The van der Waals surface area contributed by atoms with Crippen LogP contribution in [0.15, 0.2) is 36.4 Å². The molecule has 0 aliphatic rings. The molecule has 0 amide bonds.